The van der Waals surface area contributed by atoms with Gasteiger partial charge in [-0.1, -0.05) is 24.2 Å². The molecule has 3 rings (SSSR count). The van der Waals surface area contributed by atoms with E-state index in [0.717, 1.165) is 23.9 Å². The second-order valence-corrected chi connectivity index (χ2v) is 7.48. The predicted octanol–water partition coefficient (Wildman–Crippen LogP) is 3.16. The lowest BCUT2D eigenvalue weighted by Gasteiger charge is -2.25. The zero-order valence-corrected chi connectivity index (χ0v) is 13.9. The van der Waals surface area contributed by atoms with Crippen molar-refractivity contribution >= 4 is 23.1 Å². The van der Waals surface area contributed by atoms with E-state index in [1.165, 1.54) is 43.8 Å². The summed E-state index contributed by atoms with van der Waals surface area (Å²) < 4.78 is 2.18. The zero-order chi connectivity index (χ0) is 14.3. The molecule has 0 N–H and O–H groups in total. The van der Waals surface area contributed by atoms with Gasteiger partial charge in [0.2, 0.25) is 0 Å². The van der Waals surface area contributed by atoms with Gasteiger partial charge >= 0.3 is 0 Å². The lowest BCUT2D eigenvalue weighted by Crippen LogP contribution is -2.31. The number of thiophene rings is 1. The highest BCUT2D eigenvalue weighted by Gasteiger charge is 2.11. The van der Waals surface area contributed by atoms with Gasteiger partial charge in [-0.25, -0.2) is 0 Å². The van der Waals surface area contributed by atoms with Crippen LogP contribution in [0.15, 0.2) is 29.0 Å². The van der Waals surface area contributed by atoms with Crippen molar-refractivity contribution in [1.29, 1.82) is 0 Å². The van der Waals surface area contributed by atoms with Gasteiger partial charge in [-0.3, -0.25) is 0 Å². The summed E-state index contributed by atoms with van der Waals surface area (Å²) in [4.78, 5) is 4.00. The summed E-state index contributed by atoms with van der Waals surface area (Å²) in [5.74, 6) is 1.11. The van der Waals surface area contributed by atoms with E-state index in [-0.39, 0.29) is 0 Å². The molecule has 2 aromatic rings. The smallest absolute Gasteiger partial charge is 0.191 e. The molecule has 1 fully saturated rings. The molecular weight excluding hydrogens is 300 g/mol. The molecule has 0 atom stereocenters. The van der Waals surface area contributed by atoms with Crippen molar-refractivity contribution in [1.82, 2.24) is 19.7 Å². The largest absolute Gasteiger partial charge is 0.308 e. The summed E-state index contributed by atoms with van der Waals surface area (Å²) in [6.07, 6.45) is 7.05. The maximum atomic E-state index is 4.26. The molecule has 3 heterocycles. The molecule has 0 unspecified atom stereocenters. The van der Waals surface area contributed by atoms with Crippen LogP contribution in [0.3, 0.4) is 0 Å². The number of nitrogens with zero attached hydrogens (tertiary/aromatic N) is 4. The molecule has 0 spiro atoms. The Kier molecular flexibility index (Phi) is 5.71. The molecule has 0 bridgehead atoms. The van der Waals surface area contributed by atoms with E-state index < -0.39 is 0 Å². The molecule has 2 aromatic heterocycles. The van der Waals surface area contributed by atoms with Crippen molar-refractivity contribution in [2.75, 3.05) is 25.4 Å². The number of piperidine rings is 1. The summed E-state index contributed by atoms with van der Waals surface area (Å²) in [5.41, 5.74) is 0. The summed E-state index contributed by atoms with van der Waals surface area (Å²) >= 11 is 3.66. The summed E-state index contributed by atoms with van der Waals surface area (Å²) in [6.45, 7) is 4.68. The van der Waals surface area contributed by atoms with Gasteiger partial charge in [-0.05, 0) is 43.8 Å². The minimum absolute atomic E-state index is 0.972. The first kappa shape index (κ1) is 15.1. The van der Waals surface area contributed by atoms with Crippen molar-refractivity contribution in [3.8, 4) is 0 Å². The second-order valence-electron chi connectivity index (χ2n) is 5.39. The van der Waals surface area contributed by atoms with Gasteiger partial charge in [0.1, 0.15) is 6.33 Å². The third-order valence-electron chi connectivity index (χ3n) is 3.85. The topological polar surface area (TPSA) is 34.0 Å². The molecule has 0 aromatic carbocycles. The third kappa shape index (κ3) is 4.56. The van der Waals surface area contributed by atoms with Gasteiger partial charge in [0.05, 0.1) is 0 Å². The van der Waals surface area contributed by atoms with Gasteiger partial charge < -0.3 is 9.47 Å². The van der Waals surface area contributed by atoms with Crippen LogP contribution in [0.1, 0.15) is 24.1 Å². The van der Waals surface area contributed by atoms with Crippen LogP contribution in [-0.2, 0) is 13.0 Å². The van der Waals surface area contributed by atoms with Gasteiger partial charge in [0.15, 0.2) is 5.16 Å². The van der Waals surface area contributed by atoms with Crippen molar-refractivity contribution in [3.63, 3.8) is 0 Å². The molecule has 1 aliphatic heterocycles. The molecule has 4 nitrogen and oxygen atoms in total. The number of hydrogen-bond donors (Lipinski definition) is 0. The van der Waals surface area contributed by atoms with Gasteiger partial charge in [-0.15, -0.1) is 21.5 Å². The van der Waals surface area contributed by atoms with E-state index in [2.05, 4.69) is 37.2 Å². The fraction of sp³-hybridized carbons (Fsp3) is 0.600. The van der Waals surface area contributed by atoms with Crippen molar-refractivity contribution in [3.05, 3.63) is 28.7 Å². The molecule has 6 heteroatoms. The molecule has 0 saturated carbocycles. The monoisotopic (exact) mass is 322 g/mol. The lowest BCUT2D eigenvalue weighted by atomic mass is 10.1. The highest BCUT2D eigenvalue weighted by molar-refractivity contribution is 7.99. The van der Waals surface area contributed by atoms with Crippen LogP contribution in [0, 0.1) is 0 Å². The molecule has 1 aliphatic rings. The van der Waals surface area contributed by atoms with Gasteiger partial charge in [0, 0.05) is 23.7 Å². The zero-order valence-electron chi connectivity index (χ0n) is 12.3. The lowest BCUT2D eigenvalue weighted by molar-refractivity contribution is 0.242. The molecule has 21 heavy (non-hydrogen) atoms. The van der Waals surface area contributed by atoms with Crippen LogP contribution in [0.5, 0.6) is 0 Å². The Morgan fingerprint density at radius 1 is 1.19 bits per heavy atom. The molecule has 0 amide bonds. The third-order valence-corrected chi connectivity index (χ3v) is 5.74. The van der Waals surface area contributed by atoms with E-state index >= 15 is 0 Å². The van der Waals surface area contributed by atoms with Crippen LogP contribution >= 0.6 is 23.1 Å². The number of likely N-dealkylation sites (tertiary alicyclic amines) is 1. The van der Waals surface area contributed by atoms with Gasteiger partial charge in [0.25, 0.3) is 0 Å². The first-order valence-corrected chi connectivity index (χ1v) is 9.54. The molecule has 114 valence electrons. The van der Waals surface area contributed by atoms with Crippen LogP contribution in [0.2, 0.25) is 0 Å². The standard InChI is InChI=1S/C15H22N4S2/c1-2-7-18(8-3-1)10-12-21-15-17-16-13-19(15)9-6-14-5-4-11-20-14/h4-5,11,13H,1-3,6-10,12H2. The van der Waals surface area contributed by atoms with Crippen molar-refractivity contribution in [2.24, 2.45) is 0 Å². The van der Waals surface area contributed by atoms with E-state index in [1.807, 2.05) is 29.4 Å². The molecular formula is C15H22N4S2. The minimum Gasteiger partial charge on any atom is -0.308 e. The first-order valence-electron chi connectivity index (χ1n) is 7.67. The Hall–Kier alpha value is -0.850. The predicted molar refractivity (Wildman–Crippen MR) is 89.1 cm³/mol. The number of hydrogen-bond acceptors (Lipinski definition) is 5. The van der Waals surface area contributed by atoms with Gasteiger partial charge in [-0.2, -0.15) is 0 Å². The number of thioether (sulfide) groups is 1. The SMILES string of the molecule is c1csc(CCn2cnnc2SCCN2CCCCC2)c1. The van der Waals surface area contributed by atoms with Crippen LogP contribution in [-0.4, -0.2) is 45.1 Å². The fourth-order valence-corrected chi connectivity index (χ4v) is 4.28. The Morgan fingerprint density at radius 2 is 2.10 bits per heavy atom. The maximum absolute atomic E-state index is 4.26. The number of rotatable bonds is 7. The highest BCUT2D eigenvalue weighted by atomic mass is 32.2. The highest BCUT2D eigenvalue weighted by Crippen LogP contribution is 2.18. The normalized spacial score (nSPS) is 16.4. The van der Waals surface area contributed by atoms with E-state index in [4.69, 9.17) is 0 Å². The maximum Gasteiger partial charge on any atom is 0.191 e. The van der Waals surface area contributed by atoms with Crippen LogP contribution < -0.4 is 0 Å². The van der Waals surface area contributed by atoms with Crippen LogP contribution in [0.4, 0.5) is 0 Å². The molecule has 0 radical (unpaired) electrons. The summed E-state index contributed by atoms with van der Waals surface area (Å²) in [5, 5.41) is 11.5. The second kappa shape index (κ2) is 7.96. The van der Waals surface area contributed by atoms with Crippen LogP contribution in [0.25, 0.3) is 0 Å². The Bertz CT molecular complexity index is 518. The summed E-state index contributed by atoms with van der Waals surface area (Å²) in [7, 11) is 0. The fourth-order valence-electron chi connectivity index (χ4n) is 2.64. The Morgan fingerprint density at radius 3 is 2.90 bits per heavy atom. The first-order chi connectivity index (χ1) is 10.4. The quantitative estimate of drug-likeness (QED) is 0.733. The number of aryl methyl sites for hydroxylation is 2. The Labute approximate surface area is 134 Å². The minimum atomic E-state index is 0.972. The van der Waals surface area contributed by atoms with Crippen molar-refractivity contribution in [2.45, 2.75) is 37.4 Å². The summed E-state index contributed by atoms with van der Waals surface area (Å²) in [6, 6.07) is 4.30. The van der Waals surface area contributed by atoms with E-state index in [0.29, 0.717) is 0 Å². The Balaban J connectivity index is 1.44. The van der Waals surface area contributed by atoms with Crippen molar-refractivity contribution < 1.29 is 0 Å². The number of aromatic nitrogens is 3. The molecule has 0 aliphatic carbocycles. The average molecular weight is 323 g/mol. The van der Waals surface area contributed by atoms with E-state index in [1.54, 1.807) is 0 Å². The van der Waals surface area contributed by atoms with E-state index in [9.17, 15) is 0 Å². The average Bonchev–Trinajstić information content (AvgIpc) is 3.17. The molecule has 1 saturated heterocycles.